The molecule has 0 unspecified atom stereocenters. The molecule has 10 heteroatoms. The zero-order chi connectivity index (χ0) is 21.5. The lowest BCUT2D eigenvalue weighted by Crippen LogP contribution is -2.74. The Morgan fingerprint density at radius 3 is 1.97 bits per heavy atom. The Labute approximate surface area is 164 Å². The normalized spacial score (nSPS) is 13.0. The van der Waals surface area contributed by atoms with E-state index in [0.717, 1.165) is 0 Å². The van der Waals surface area contributed by atoms with Crippen molar-refractivity contribution < 1.29 is 32.3 Å². The summed E-state index contributed by atoms with van der Waals surface area (Å²) in [6, 6.07) is 14.0. The molecule has 3 N–H and O–H groups in total. The highest BCUT2D eigenvalue weighted by Gasteiger charge is 2.64. The number of ether oxygens (including phenoxy) is 1. The Hall–Kier alpha value is -3.56. The lowest BCUT2D eigenvalue weighted by atomic mass is 10.1. The predicted octanol–water partition coefficient (Wildman–Crippen LogP) is 2.35. The maximum Gasteiger partial charge on any atom is 0.442 e. The van der Waals surface area contributed by atoms with Gasteiger partial charge in [-0.05, 0) is 17.7 Å². The molecule has 0 bridgehead atoms. The van der Waals surface area contributed by atoms with Crippen LogP contribution in [0.3, 0.4) is 0 Å². The second-order valence-electron chi connectivity index (χ2n) is 5.85. The molecule has 3 amide bonds. The summed E-state index contributed by atoms with van der Waals surface area (Å²) in [7, 11) is 0.709. The van der Waals surface area contributed by atoms with E-state index in [0.29, 0.717) is 12.7 Å². The van der Waals surface area contributed by atoms with Gasteiger partial charge in [-0.1, -0.05) is 48.5 Å². The molecular weight excluding hydrogens is 391 g/mol. The van der Waals surface area contributed by atoms with Crippen molar-refractivity contribution >= 4 is 17.9 Å². The third-order valence-corrected chi connectivity index (χ3v) is 3.85. The number of hydrogen-bond acceptors (Lipinski definition) is 4. The Bertz CT molecular complexity index is 860. The Morgan fingerprint density at radius 1 is 0.897 bits per heavy atom. The first-order chi connectivity index (χ1) is 13.7. The maximum absolute atomic E-state index is 13.9. The summed E-state index contributed by atoms with van der Waals surface area (Å²) in [6.45, 7) is -0.103. The molecule has 2 aromatic rings. The number of esters is 1. The zero-order valence-electron chi connectivity index (χ0n) is 15.2. The number of hydrogen-bond donors (Lipinski definition) is 3. The largest absolute Gasteiger partial charge is 0.466 e. The van der Waals surface area contributed by atoms with Crippen LogP contribution in [-0.2, 0) is 16.1 Å². The van der Waals surface area contributed by atoms with E-state index in [1.165, 1.54) is 29.6 Å². The first-order valence-electron chi connectivity index (χ1n) is 8.32. The average molecular weight is 409 g/mol. The molecule has 0 aromatic heterocycles. The van der Waals surface area contributed by atoms with E-state index < -0.39 is 29.7 Å². The fourth-order valence-corrected chi connectivity index (χ4v) is 2.37. The van der Waals surface area contributed by atoms with Crippen molar-refractivity contribution in [3.05, 3.63) is 71.8 Å². The van der Waals surface area contributed by atoms with Crippen LogP contribution in [-0.4, -0.2) is 36.9 Å². The van der Waals surface area contributed by atoms with Crippen LogP contribution in [0.25, 0.3) is 0 Å². The van der Waals surface area contributed by atoms with E-state index in [2.05, 4.69) is 10.1 Å². The highest BCUT2D eigenvalue weighted by atomic mass is 19.4. The minimum Gasteiger partial charge on any atom is -0.466 e. The van der Waals surface area contributed by atoms with Crippen LogP contribution in [0.5, 0.6) is 0 Å². The lowest BCUT2D eigenvalue weighted by molar-refractivity contribution is -0.214. The molecule has 0 aliphatic heterocycles. The van der Waals surface area contributed by atoms with Gasteiger partial charge in [-0.25, -0.2) is 9.59 Å². The number of alkyl halides is 3. The fourth-order valence-electron chi connectivity index (χ4n) is 2.37. The van der Waals surface area contributed by atoms with Crippen molar-refractivity contribution in [1.29, 1.82) is 0 Å². The minimum atomic E-state index is -5.39. The molecule has 0 aliphatic carbocycles. The quantitative estimate of drug-likeness (QED) is 0.504. The van der Waals surface area contributed by atoms with Crippen molar-refractivity contribution in [1.82, 2.24) is 16.0 Å². The monoisotopic (exact) mass is 409 g/mol. The average Bonchev–Trinajstić information content (AvgIpc) is 2.71. The third kappa shape index (κ3) is 5.24. The van der Waals surface area contributed by atoms with Gasteiger partial charge < -0.3 is 15.4 Å². The van der Waals surface area contributed by atoms with Crippen molar-refractivity contribution in [3.8, 4) is 0 Å². The highest BCUT2D eigenvalue weighted by molar-refractivity contribution is 5.99. The van der Waals surface area contributed by atoms with Crippen LogP contribution in [0.4, 0.5) is 18.0 Å². The number of halogens is 3. The first-order valence-corrected chi connectivity index (χ1v) is 8.32. The van der Waals surface area contributed by atoms with Crippen LogP contribution < -0.4 is 16.0 Å². The van der Waals surface area contributed by atoms with Crippen molar-refractivity contribution in [2.24, 2.45) is 0 Å². The zero-order valence-corrected chi connectivity index (χ0v) is 15.2. The summed E-state index contributed by atoms with van der Waals surface area (Å²) in [4.78, 5) is 36.5. The van der Waals surface area contributed by atoms with Gasteiger partial charge in [-0.15, -0.1) is 0 Å². The number of rotatable bonds is 6. The van der Waals surface area contributed by atoms with Crippen molar-refractivity contribution in [2.45, 2.75) is 18.4 Å². The molecule has 29 heavy (non-hydrogen) atoms. The molecule has 0 aliphatic rings. The fraction of sp³-hybridized carbons (Fsp3) is 0.211. The standard InChI is InChI=1S/C19H18F3N3O4/c1-29-16(27)18(19(20,21)22,24-15(26)14-10-6-3-7-11-14)25-17(28)23-12-13-8-4-2-5-9-13/h2-11H,12H2,1H3,(H,24,26)(H2,23,25,28)/t18-/m1/s1. The third-order valence-electron chi connectivity index (χ3n) is 3.85. The second-order valence-corrected chi connectivity index (χ2v) is 5.85. The summed E-state index contributed by atoms with van der Waals surface area (Å²) in [6.07, 6.45) is -5.39. The molecule has 0 spiro atoms. The Morgan fingerprint density at radius 2 is 1.45 bits per heavy atom. The molecule has 0 saturated carbocycles. The van der Waals surface area contributed by atoms with Gasteiger partial charge in [-0.2, -0.15) is 13.2 Å². The van der Waals surface area contributed by atoms with Gasteiger partial charge >= 0.3 is 23.8 Å². The topological polar surface area (TPSA) is 96.5 Å². The van der Waals surface area contributed by atoms with E-state index in [9.17, 15) is 27.6 Å². The summed E-state index contributed by atoms with van der Waals surface area (Å²) in [5.74, 6) is -3.12. The van der Waals surface area contributed by atoms with Gasteiger partial charge in [0.15, 0.2) is 0 Å². The van der Waals surface area contributed by atoms with Crippen molar-refractivity contribution in [3.63, 3.8) is 0 Å². The molecule has 154 valence electrons. The highest BCUT2D eigenvalue weighted by Crippen LogP contribution is 2.30. The van der Waals surface area contributed by atoms with Gasteiger partial charge in [0, 0.05) is 12.1 Å². The SMILES string of the molecule is COC(=O)[C@](NC(=O)NCc1ccccc1)(NC(=O)c1ccccc1)C(F)(F)F. The molecule has 0 heterocycles. The number of nitrogens with one attached hydrogen (secondary N) is 3. The summed E-state index contributed by atoms with van der Waals surface area (Å²) in [5, 5.41) is 5.28. The second kappa shape index (κ2) is 9.09. The summed E-state index contributed by atoms with van der Waals surface area (Å²) in [5.41, 5.74) is -3.31. The smallest absolute Gasteiger partial charge is 0.442 e. The van der Waals surface area contributed by atoms with E-state index in [4.69, 9.17) is 0 Å². The van der Waals surface area contributed by atoms with Gasteiger partial charge in [0.25, 0.3) is 5.91 Å². The molecule has 0 radical (unpaired) electrons. The molecule has 7 nitrogen and oxygen atoms in total. The Balaban J connectivity index is 2.27. The van der Waals surface area contributed by atoms with Crippen LogP contribution in [0.15, 0.2) is 60.7 Å². The number of carbonyl (C=O) groups is 3. The molecule has 2 aromatic carbocycles. The van der Waals surface area contributed by atoms with Gasteiger partial charge in [-0.3, -0.25) is 10.1 Å². The maximum atomic E-state index is 13.9. The van der Waals surface area contributed by atoms with Crippen LogP contribution in [0.2, 0.25) is 0 Å². The molecule has 0 fully saturated rings. The number of urea groups is 1. The van der Waals surface area contributed by atoms with Gasteiger partial charge in [0.1, 0.15) is 0 Å². The van der Waals surface area contributed by atoms with Gasteiger partial charge in [0.05, 0.1) is 7.11 Å². The van der Waals surface area contributed by atoms with Gasteiger partial charge in [0.2, 0.25) is 0 Å². The number of carbonyl (C=O) groups excluding carboxylic acids is 3. The van der Waals surface area contributed by atoms with E-state index in [-0.39, 0.29) is 12.1 Å². The number of amides is 3. The van der Waals surface area contributed by atoms with Crippen LogP contribution >= 0.6 is 0 Å². The van der Waals surface area contributed by atoms with E-state index in [1.54, 1.807) is 41.7 Å². The summed E-state index contributed by atoms with van der Waals surface area (Å²) >= 11 is 0. The number of methoxy groups -OCH3 is 1. The van der Waals surface area contributed by atoms with Crippen molar-refractivity contribution in [2.75, 3.05) is 7.11 Å². The summed E-state index contributed by atoms with van der Waals surface area (Å²) < 4.78 is 45.8. The minimum absolute atomic E-state index is 0.103. The Kier molecular flexibility index (Phi) is 6.81. The molecule has 1 atom stereocenters. The lowest BCUT2D eigenvalue weighted by Gasteiger charge is -2.34. The predicted molar refractivity (Wildman–Crippen MR) is 96.5 cm³/mol. The van der Waals surface area contributed by atoms with E-state index in [1.807, 2.05) is 0 Å². The molecule has 0 saturated heterocycles. The van der Waals surface area contributed by atoms with Crippen LogP contribution in [0, 0.1) is 0 Å². The molecular formula is C19H18F3N3O4. The first kappa shape index (κ1) is 21.7. The molecule has 2 rings (SSSR count). The number of benzene rings is 2. The van der Waals surface area contributed by atoms with E-state index >= 15 is 0 Å². The van der Waals surface area contributed by atoms with Crippen LogP contribution in [0.1, 0.15) is 15.9 Å².